The van der Waals surface area contributed by atoms with Crippen molar-refractivity contribution in [3.8, 4) is 34.4 Å². The molecule has 4 aromatic heterocycles. The van der Waals surface area contributed by atoms with Gasteiger partial charge in [-0.15, -0.1) is 0 Å². The molecule has 0 saturated carbocycles. The second kappa shape index (κ2) is 13.4. The van der Waals surface area contributed by atoms with Crippen LogP contribution in [0.2, 0.25) is 0 Å². The normalized spacial score (nSPS) is 12.9. The van der Waals surface area contributed by atoms with Crippen molar-refractivity contribution in [2.24, 2.45) is 0 Å². The Balaban J connectivity index is 1.43. The first-order chi connectivity index (χ1) is 26.8. The fourth-order valence-corrected chi connectivity index (χ4v) is 7.18. The lowest BCUT2D eigenvalue weighted by atomic mass is 9.86. The molecule has 0 bridgehead atoms. The molecule has 0 spiro atoms. The van der Waals surface area contributed by atoms with E-state index in [2.05, 4.69) is 165 Å². The largest absolute Gasteiger partial charge is 0.456 e. The molecule has 0 radical (unpaired) electrons. The monoisotopic (exact) mass is 755 g/mol. The molecule has 0 N–H and O–H groups in total. The van der Waals surface area contributed by atoms with Crippen LogP contribution in [0.15, 0.2) is 104 Å². The fourth-order valence-electron chi connectivity index (χ4n) is 7.18. The number of hydrogen-bond donors (Lipinski definition) is 0. The van der Waals surface area contributed by atoms with Gasteiger partial charge in [-0.05, 0) is 70.5 Å². The number of benzene rings is 4. The minimum Gasteiger partial charge on any atom is -0.456 e. The van der Waals surface area contributed by atoms with Gasteiger partial charge in [-0.1, -0.05) is 113 Å². The first-order valence-electron chi connectivity index (χ1n) is 19.8. The molecule has 0 saturated heterocycles. The number of aromatic nitrogens is 7. The van der Waals surface area contributed by atoms with E-state index in [1.54, 1.807) is 0 Å². The molecule has 4 aromatic carbocycles. The van der Waals surface area contributed by atoms with Crippen LogP contribution in [-0.2, 0) is 21.7 Å². The van der Waals surface area contributed by atoms with Gasteiger partial charge in [-0.25, -0.2) is 24.9 Å². The van der Waals surface area contributed by atoms with Crippen molar-refractivity contribution in [3.05, 3.63) is 126 Å². The molecule has 0 unspecified atom stereocenters. The number of rotatable bonds is 5. The molecule has 8 aromatic rings. The lowest BCUT2D eigenvalue weighted by Crippen LogP contribution is -2.24. The van der Waals surface area contributed by atoms with Crippen LogP contribution >= 0.6 is 0 Å². The maximum Gasteiger partial charge on any atom is 0.167 e. The number of para-hydroxylation sites is 3. The minimum absolute atomic E-state index is 0.0531. The second-order valence-corrected chi connectivity index (χ2v) is 19.3. The second-order valence-electron chi connectivity index (χ2n) is 19.3. The van der Waals surface area contributed by atoms with E-state index < -0.39 is 0 Å². The third-order valence-electron chi connectivity index (χ3n) is 10.5. The Labute approximate surface area is 336 Å². The van der Waals surface area contributed by atoms with Gasteiger partial charge in [0.05, 0.1) is 33.3 Å². The van der Waals surface area contributed by atoms with E-state index in [9.17, 15) is 0 Å². The van der Waals surface area contributed by atoms with E-state index in [0.717, 1.165) is 67.1 Å². The average Bonchev–Trinajstić information content (AvgIpc) is 3.72. The molecule has 8 nitrogen and oxygen atoms in total. The molecule has 57 heavy (non-hydrogen) atoms. The maximum absolute atomic E-state index is 7.21. The van der Waals surface area contributed by atoms with Crippen LogP contribution < -0.4 is 4.74 Å². The average molecular weight is 756 g/mol. The standard InChI is InChI=1S/C49H53N7O/c1-46(2,3)30-21-22-50-42(25-30)56-38-19-15-13-17-34(38)35-27-36(43-52-44(48(7,8)9)54-45(53-43)49(10,11)12)41(28-40(35)56)57-33-24-31(47(4,5)6)23-32(26-33)55-29-51-37-18-14-16-20-39(37)55/h13-29H,1-12H3. The van der Waals surface area contributed by atoms with Crippen LogP contribution in [0.3, 0.4) is 0 Å². The van der Waals surface area contributed by atoms with Crippen LogP contribution in [0.25, 0.3) is 55.7 Å². The summed E-state index contributed by atoms with van der Waals surface area (Å²) in [5, 5.41) is 2.16. The minimum atomic E-state index is -0.313. The summed E-state index contributed by atoms with van der Waals surface area (Å²) < 4.78 is 11.6. The summed E-state index contributed by atoms with van der Waals surface area (Å²) in [5.74, 6) is 4.23. The first kappa shape index (κ1) is 38.0. The van der Waals surface area contributed by atoms with E-state index in [4.69, 9.17) is 29.7 Å². The lowest BCUT2D eigenvalue weighted by molar-refractivity contribution is 0.477. The van der Waals surface area contributed by atoms with Crippen LogP contribution in [0.4, 0.5) is 0 Å². The molecular weight excluding hydrogens is 703 g/mol. The van der Waals surface area contributed by atoms with Gasteiger partial charge < -0.3 is 4.74 Å². The molecule has 8 heteroatoms. The van der Waals surface area contributed by atoms with E-state index in [0.29, 0.717) is 17.3 Å². The smallest absolute Gasteiger partial charge is 0.167 e. The Hall–Kier alpha value is -5.89. The summed E-state index contributed by atoms with van der Waals surface area (Å²) in [5.41, 5.74) is 7.25. The Bertz CT molecular complexity index is 2780. The number of pyridine rings is 1. The Morgan fingerprint density at radius 3 is 1.84 bits per heavy atom. The van der Waals surface area contributed by atoms with Crippen molar-refractivity contribution in [2.45, 2.75) is 105 Å². The van der Waals surface area contributed by atoms with Crippen LogP contribution in [-0.4, -0.2) is 34.1 Å². The maximum atomic E-state index is 7.21. The molecule has 0 aliphatic heterocycles. The number of nitrogens with zero attached hydrogens (tertiary/aromatic N) is 7. The van der Waals surface area contributed by atoms with Gasteiger partial charge in [-0.3, -0.25) is 9.13 Å². The van der Waals surface area contributed by atoms with Gasteiger partial charge in [0, 0.05) is 39.9 Å². The van der Waals surface area contributed by atoms with E-state index in [1.165, 1.54) is 5.56 Å². The highest BCUT2D eigenvalue weighted by molar-refractivity contribution is 6.11. The van der Waals surface area contributed by atoms with Crippen molar-refractivity contribution in [1.82, 2.24) is 34.1 Å². The highest BCUT2D eigenvalue weighted by atomic mass is 16.5. The van der Waals surface area contributed by atoms with Gasteiger partial charge in [0.15, 0.2) is 5.82 Å². The van der Waals surface area contributed by atoms with Crippen molar-refractivity contribution in [2.75, 3.05) is 0 Å². The van der Waals surface area contributed by atoms with Crippen molar-refractivity contribution in [1.29, 1.82) is 0 Å². The molecule has 0 atom stereocenters. The molecule has 0 amide bonds. The summed E-state index contributed by atoms with van der Waals surface area (Å²) in [4.78, 5) is 25.1. The predicted octanol–water partition coefficient (Wildman–Crippen LogP) is 12.4. The predicted molar refractivity (Wildman–Crippen MR) is 233 cm³/mol. The number of fused-ring (bicyclic) bond motifs is 4. The van der Waals surface area contributed by atoms with Gasteiger partial charge in [0.2, 0.25) is 0 Å². The molecule has 4 heterocycles. The van der Waals surface area contributed by atoms with Crippen LogP contribution in [0, 0.1) is 0 Å². The van der Waals surface area contributed by atoms with Gasteiger partial charge in [-0.2, -0.15) is 0 Å². The zero-order valence-electron chi connectivity index (χ0n) is 35.4. The third kappa shape index (κ3) is 7.18. The fraction of sp³-hybridized carbons (Fsp3) is 0.327. The third-order valence-corrected chi connectivity index (χ3v) is 10.5. The molecular formula is C49H53N7O. The van der Waals surface area contributed by atoms with E-state index >= 15 is 0 Å². The summed E-state index contributed by atoms with van der Waals surface area (Å²) in [6.07, 6.45) is 3.80. The highest BCUT2D eigenvalue weighted by Gasteiger charge is 2.28. The molecule has 8 rings (SSSR count). The first-order valence-corrected chi connectivity index (χ1v) is 19.8. The SMILES string of the molecule is CC(C)(C)c1cc(Oc2cc3c(cc2-c2nc(C(C)(C)C)nc(C(C)(C)C)n2)c2ccccc2n3-c2cc(C(C)(C)C)ccn2)cc(-n2cnc3ccccc32)c1. The summed E-state index contributed by atoms with van der Waals surface area (Å²) >= 11 is 0. The van der Waals surface area contributed by atoms with Crippen LogP contribution in [0.5, 0.6) is 11.5 Å². The number of hydrogen-bond acceptors (Lipinski definition) is 6. The Morgan fingerprint density at radius 1 is 0.526 bits per heavy atom. The quantitative estimate of drug-likeness (QED) is 0.174. The van der Waals surface area contributed by atoms with Gasteiger partial charge in [0.25, 0.3) is 0 Å². The van der Waals surface area contributed by atoms with E-state index in [-0.39, 0.29) is 21.7 Å². The van der Waals surface area contributed by atoms with Crippen LogP contribution in [0.1, 0.15) is 106 Å². The van der Waals surface area contributed by atoms with E-state index in [1.807, 2.05) is 30.7 Å². The number of imidazole rings is 1. The molecule has 0 fully saturated rings. The van der Waals surface area contributed by atoms with Crippen molar-refractivity contribution in [3.63, 3.8) is 0 Å². The zero-order chi connectivity index (χ0) is 40.7. The summed E-state index contributed by atoms with van der Waals surface area (Å²) in [6, 6.07) is 31.8. The lowest BCUT2D eigenvalue weighted by Gasteiger charge is -2.24. The van der Waals surface area contributed by atoms with Gasteiger partial charge >= 0.3 is 0 Å². The summed E-state index contributed by atoms with van der Waals surface area (Å²) in [7, 11) is 0. The van der Waals surface area contributed by atoms with Gasteiger partial charge in [0.1, 0.15) is 35.3 Å². The van der Waals surface area contributed by atoms with Crippen molar-refractivity contribution < 1.29 is 4.74 Å². The zero-order valence-corrected chi connectivity index (χ0v) is 35.4. The topological polar surface area (TPSA) is 83.5 Å². The summed E-state index contributed by atoms with van der Waals surface area (Å²) in [6.45, 7) is 26.2. The molecule has 0 aliphatic carbocycles. The molecule has 290 valence electrons. The number of ether oxygens (including phenoxy) is 1. The molecule has 0 aliphatic rings. The Morgan fingerprint density at radius 2 is 1.18 bits per heavy atom. The van der Waals surface area contributed by atoms with Crippen molar-refractivity contribution >= 4 is 32.8 Å². The highest BCUT2D eigenvalue weighted by Crippen LogP contribution is 2.43. The Kier molecular flexibility index (Phi) is 8.91.